The first kappa shape index (κ1) is 15.4. The van der Waals surface area contributed by atoms with Gasteiger partial charge in [0, 0.05) is 18.1 Å². The summed E-state index contributed by atoms with van der Waals surface area (Å²) in [6.45, 7) is 1.77. The minimum atomic E-state index is -0.200. The molecule has 0 aliphatic heterocycles. The molecule has 2 heterocycles. The number of aryl methyl sites for hydroxylation is 1. The zero-order chi connectivity index (χ0) is 16.9. The molecule has 1 aromatic carbocycles. The van der Waals surface area contributed by atoms with E-state index in [1.54, 1.807) is 49.6 Å². The highest BCUT2D eigenvalue weighted by molar-refractivity contribution is 5.92. The molecule has 0 aliphatic rings. The van der Waals surface area contributed by atoms with Crippen LogP contribution < -0.4 is 5.32 Å². The van der Waals surface area contributed by atoms with Gasteiger partial charge in [-0.1, -0.05) is 0 Å². The molecule has 118 valence electrons. The molecule has 2 aromatic heterocycles. The number of nitrogens with one attached hydrogen (secondary N) is 1. The summed E-state index contributed by atoms with van der Waals surface area (Å²) >= 11 is 0. The maximum absolute atomic E-state index is 12.2. The second kappa shape index (κ2) is 6.75. The van der Waals surface area contributed by atoms with Crippen LogP contribution >= 0.6 is 0 Å². The lowest BCUT2D eigenvalue weighted by atomic mass is 10.2. The molecule has 0 spiro atoms. The van der Waals surface area contributed by atoms with Crippen molar-refractivity contribution in [3.63, 3.8) is 0 Å². The van der Waals surface area contributed by atoms with E-state index in [9.17, 15) is 4.79 Å². The van der Waals surface area contributed by atoms with Crippen molar-refractivity contribution in [1.29, 1.82) is 5.26 Å². The van der Waals surface area contributed by atoms with Crippen molar-refractivity contribution in [2.75, 3.05) is 5.32 Å². The van der Waals surface area contributed by atoms with Gasteiger partial charge in [0.1, 0.15) is 5.76 Å². The number of aromatic nitrogens is 2. The Bertz CT molecular complexity index is 893. The third kappa shape index (κ3) is 3.47. The van der Waals surface area contributed by atoms with Crippen LogP contribution in [0.15, 0.2) is 53.2 Å². The Balaban J connectivity index is 1.70. The largest absolute Gasteiger partial charge is 0.441 e. The highest BCUT2D eigenvalue weighted by Gasteiger charge is 2.15. The van der Waals surface area contributed by atoms with E-state index in [1.807, 2.05) is 12.1 Å². The third-order valence-corrected chi connectivity index (χ3v) is 3.43. The first-order chi connectivity index (χ1) is 11.7. The van der Waals surface area contributed by atoms with E-state index < -0.39 is 0 Å². The number of hydrogen-bond acceptors (Lipinski definition) is 5. The van der Waals surface area contributed by atoms with Crippen molar-refractivity contribution < 1.29 is 9.21 Å². The van der Waals surface area contributed by atoms with Crippen molar-refractivity contribution in [3.05, 3.63) is 65.8 Å². The van der Waals surface area contributed by atoms with Gasteiger partial charge in [-0.3, -0.25) is 9.78 Å². The summed E-state index contributed by atoms with van der Waals surface area (Å²) in [6, 6.07) is 12.4. The predicted molar refractivity (Wildman–Crippen MR) is 88.0 cm³/mol. The third-order valence-electron chi connectivity index (χ3n) is 3.43. The number of nitriles is 1. The van der Waals surface area contributed by atoms with Gasteiger partial charge in [0.2, 0.25) is 11.8 Å². The molecule has 6 nitrogen and oxygen atoms in total. The molecule has 0 unspecified atom stereocenters. The summed E-state index contributed by atoms with van der Waals surface area (Å²) in [7, 11) is 0. The van der Waals surface area contributed by atoms with Crippen molar-refractivity contribution in [2.24, 2.45) is 0 Å². The van der Waals surface area contributed by atoms with E-state index in [4.69, 9.17) is 9.68 Å². The molecule has 3 rings (SSSR count). The van der Waals surface area contributed by atoms with Gasteiger partial charge in [-0.15, -0.1) is 0 Å². The molecule has 0 fully saturated rings. The highest BCUT2D eigenvalue weighted by Crippen LogP contribution is 2.21. The molecule has 0 radical (unpaired) electrons. The average Bonchev–Trinajstić information content (AvgIpc) is 2.97. The lowest BCUT2D eigenvalue weighted by molar-refractivity contribution is -0.115. The molecule has 0 saturated carbocycles. The summed E-state index contributed by atoms with van der Waals surface area (Å²) < 4.78 is 5.61. The molecule has 0 atom stereocenters. The van der Waals surface area contributed by atoms with E-state index in [-0.39, 0.29) is 12.3 Å². The SMILES string of the molecule is Cc1oc(-c2cccnc2)nc1CC(=O)Nc1ccc(C#N)cc1. The van der Waals surface area contributed by atoms with Crippen LogP contribution in [0, 0.1) is 18.3 Å². The fourth-order valence-electron chi connectivity index (χ4n) is 2.19. The van der Waals surface area contributed by atoms with Crippen LogP contribution in [0.3, 0.4) is 0 Å². The van der Waals surface area contributed by atoms with Crippen molar-refractivity contribution >= 4 is 11.6 Å². The Labute approximate surface area is 138 Å². The lowest BCUT2D eigenvalue weighted by Gasteiger charge is -2.03. The van der Waals surface area contributed by atoms with E-state index in [0.29, 0.717) is 28.6 Å². The molecule has 0 aliphatic carbocycles. The average molecular weight is 318 g/mol. The number of amides is 1. The monoisotopic (exact) mass is 318 g/mol. The Hall–Kier alpha value is -3.46. The summed E-state index contributed by atoms with van der Waals surface area (Å²) in [4.78, 5) is 20.6. The minimum Gasteiger partial charge on any atom is -0.441 e. The van der Waals surface area contributed by atoms with Crippen molar-refractivity contribution in [3.8, 4) is 17.5 Å². The molecular weight excluding hydrogens is 304 g/mol. The maximum atomic E-state index is 12.2. The highest BCUT2D eigenvalue weighted by atomic mass is 16.4. The topological polar surface area (TPSA) is 91.8 Å². The van der Waals surface area contributed by atoms with E-state index in [0.717, 1.165) is 5.56 Å². The van der Waals surface area contributed by atoms with Crippen LogP contribution in [-0.4, -0.2) is 15.9 Å². The Kier molecular flexibility index (Phi) is 4.34. The molecular formula is C18H14N4O2. The number of pyridine rings is 1. The fraction of sp³-hybridized carbons (Fsp3) is 0.111. The summed E-state index contributed by atoms with van der Waals surface area (Å²) in [5.74, 6) is 0.847. The smallest absolute Gasteiger partial charge is 0.230 e. The van der Waals surface area contributed by atoms with Crippen LogP contribution in [0.25, 0.3) is 11.5 Å². The number of nitrogens with zero attached hydrogens (tertiary/aromatic N) is 3. The van der Waals surface area contributed by atoms with Gasteiger partial charge in [0.25, 0.3) is 0 Å². The fourth-order valence-corrected chi connectivity index (χ4v) is 2.19. The first-order valence-corrected chi connectivity index (χ1v) is 7.32. The van der Waals surface area contributed by atoms with Crippen LogP contribution in [0.1, 0.15) is 17.0 Å². The normalized spacial score (nSPS) is 10.2. The number of oxazole rings is 1. The molecule has 3 aromatic rings. The first-order valence-electron chi connectivity index (χ1n) is 7.32. The molecule has 6 heteroatoms. The van der Waals surface area contributed by atoms with Crippen molar-refractivity contribution in [1.82, 2.24) is 9.97 Å². The van der Waals surface area contributed by atoms with E-state index in [1.165, 1.54) is 0 Å². The van der Waals surface area contributed by atoms with Gasteiger partial charge >= 0.3 is 0 Å². The lowest BCUT2D eigenvalue weighted by Crippen LogP contribution is -2.15. The van der Waals surface area contributed by atoms with Crippen LogP contribution in [0.4, 0.5) is 5.69 Å². The van der Waals surface area contributed by atoms with Gasteiger partial charge in [0.15, 0.2) is 0 Å². The van der Waals surface area contributed by atoms with Crippen LogP contribution in [0.2, 0.25) is 0 Å². The zero-order valence-electron chi connectivity index (χ0n) is 13.0. The molecule has 0 bridgehead atoms. The van der Waals surface area contributed by atoms with Gasteiger partial charge < -0.3 is 9.73 Å². The number of anilines is 1. The molecule has 0 saturated heterocycles. The summed E-state index contributed by atoms with van der Waals surface area (Å²) in [5, 5.41) is 11.5. The molecule has 1 amide bonds. The van der Waals surface area contributed by atoms with Crippen LogP contribution in [-0.2, 0) is 11.2 Å². The van der Waals surface area contributed by atoms with Gasteiger partial charge in [0.05, 0.1) is 29.3 Å². The quantitative estimate of drug-likeness (QED) is 0.798. The Morgan fingerprint density at radius 3 is 2.75 bits per heavy atom. The number of carbonyl (C=O) groups excluding carboxylic acids is 1. The van der Waals surface area contributed by atoms with Gasteiger partial charge in [-0.05, 0) is 43.3 Å². The summed E-state index contributed by atoms with van der Waals surface area (Å²) in [6.07, 6.45) is 3.44. The number of hydrogen-bond donors (Lipinski definition) is 1. The maximum Gasteiger partial charge on any atom is 0.230 e. The van der Waals surface area contributed by atoms with Crippen molar-refractivity contribution in [2.45, 2.75) is 13.3 Å². The molecule has 1 N–H and O–H groups in total. The van der Waals surface area contributed by atoms with Gasteiger partial charge in [-0.2, -0.15) is 5.26 Å². The Morgan fingerprint density at radius 2 is 2.08 bits per heavy atom. The molecule has 24 heavy (non-hydrogen) atoms. The van der Waals surface area contributed by atoms with E-state index in [2.05, 4.69) is 15.3 Å². The number of carbonyl (C=O) groups is 1. The predicted octanol–water partition coefficient (Wildman–Crippen LogP) is 3.10. The zero-order valence-corrected chi connectivity index (χ0v) is 13.0. The standard InChI is InChI=1S/C18H14N4O2/c1-12-16(22-18(24-12)14-3-2-8-20-11-14)9-17(23)21-15-6-4-13(10-19)5-7-15/h2-8,11H,9H2,1H3,(H,21,23). The minimum absolute atomic E-state index is 0.107. The second-order valence-electron chi connectivity index (χ2n) is 5.18. The van der Waals surface area contributed by atoms with Crippen LogP contribution in [0.5, 0.6) is 0 Å². The number of benzene rings is 1. The second-order valence-corrected chi connectivity index (χ2v) is 5.18. The summed E-state index contributed by atoms with van der Waals surface area (Å²) in [5.41, 5.74) is 2.52. The Morgan fingerprint density at radius 1 is 1.29 bits per heavy atom. The van der Waals surface area contributed by atoms with E-state index >= 15 is 0 Å². The van der Waals surface area contributed by atoms with Gasteiger partial charge in [-0.25, -0.2) is 4.98 Å². The number of rotatable bonds is 4.